The van der Waals surface area contributed by atoms with Crippen LogP contribution in [0.5, 0.6) is 0 Å². The lowest BCUT2D eigenvalue weighted by Crippen LogP contribution is -2.36. The summed E-state index contributed by atoms with van der Waals surface area (Å²) in [5.41, 5.74) is 0. The molecular weight excluding hydrogens is 184 g/mol. The minimum absolute atomic E-state index is 0.700. The average Bonchev–Trinajstić information content (AvgIpc) is 2.42. The van der Waals surface area contributed by atoms with Crippen LogP contribution in [0.25, 0.3) is 0 Å². The summed E-state index contributed by atoms with van der Waals surface area (Å²) >= 11 is 0. The molecule has 1 heterocycles. The SMILES string of the molecule is CCC(C)CC(C)N1CCNC(C)CC1. The van der Waals surface area contributed by atoms with Crippen LogP contribution in [0.4, 0.5) is 0 Å². The molecule has 0 aliphatic carbocycles. The van der Waals surface area contributed by atoms with Gasteiger partial charge in [-0.3, -0.25) is 4.90 Å². The number of rotatable bonds is 4. The summed E-state index contributed by atoms with van der Waals surface area (Å²) in [5.74, 6) is 0.869. The maximum absolute atomic E-state index is 3.55. The Balaban J connectivity index is 2.34. The number of nitrogens with zero attached hydrogens (tertiary/aromatic N) is 1. The summed E-state index contributed by atoms with van der Waals surface area (Å²) in [5, 5.41) is 3.55. The molecule has 3 atom stereocenters. The first kappa shape index (κ1) is 13.0. The van der Waals surface area contributed by atoms with Crippen molar-refractivity contribution in [2.24, 2.45) is 5.92 Å². The zero-order valence-electron chi connectivity index (χ0n) is 10.9. The van der Waals surface area contributed by atoms with Gasteiger partial charge in [-0.15, -0.1) is 0 Å². The Morgan fingerprint density at radius 2 is 2.07 bits per heavy atom. The van der Waals surface area contributed by atoms with Crippen molar-refractivity contribution in [3.63, 3.8) is 0 Å². The van der Waals surface area contributed by atoms with Crippen LogP contribution >= 0.6 is 0 Å². The Hall–Kier alpha value is -0.0800. The smallest absolute Gasteiger partial charge is 0.0110 e. The standard InChI is InChI=1S/C13H28N2/c1-5-11(2)10-13(4)15-8-6-12(3)14-7-9-15/h11-14H,5-10H2,1-4H3. The van der Waals surface area contributed by atoms with Gasteiger partial charge in [-0.2, -0.15) is 0 Å². The molecular formula is C13H28N2. The van der Waals surface area contributed by atoms with Crippen LogP contribution in [0.15, 0.2) is 0 Å². The molecule has 1 aliphatic heterocycles. The second-order valence-corrected chi connectivity index (χ2v) is 5.28. The van der Waals surface area contributed by atoms with Crippen molar-refractivity contribution in [3.8, 4) is 0 Å². The van der Waals surface area contributed by atoms with E-state index in [2.05, 4.69) is 37.9 Å². The summed E-state index contributed by atoms with van der Waals surface area (Å²) in [4.78, 5) is 2.66. The van der Waals surface area contributed by atoms with E-state index in [0.29, 0.717) is 6.04 Å². The van der Waals surface area contributed by atoms with Crippen LogP contribution in [0.2, 0.25) is 0 Å². The average molecular weight is 212 g/mol. The monoisotopic (exact) mass is 212 g/mol. The summed E-state index contributed by atoms with van der Waals surface area (Å²) in [6.45, 7) is 13.0. The fraction of sp³-hybridized carbons (Fsp3) is 1.00. The lowest BCUT2D eigenvalue weighted by Gasteiger charge is -2.29. The van der Waals surface area contributed by atoms with Gasteiger partial charge in [0.15, 0.2) is 0 Å². The second-order valence-electron chi connectivity index (χ2n) is 5.28. The van der Waals surface area contributed by atoms with E-state index in [1.807, 2.05) is 0 Å². The summed E-state index contributed by atoms with van der Waals surface area (Å²) in [7, 11) is 0. The molecule has 0 bridgehead atoms. The van der Waals surface area contributed by atoms with E-state index >= 15 is 0 Å². The maximum atomic E-state index is 3.55. The van der Waals surface area contributed by atoms with Gasteiger partial charge >= 0.3 is 0 Å². The molecule has 0 aromatic rings. The quantitative estimate of drug-likeness (QED) is 0.770. The molecule has 15 heavy (non-hydrogen) atoms. The van der Waals surface area contributed by atoms with Crippen molar-refractivity contribution in [3.05, 3.63) is 0 Å². The highest BCUT2D eigenvalue weighted by molar-refractivity contribution is 4.76. The van der Waals surface area contributed by atoms with Crippen molar-refractivity contribution in [2.75, 3.05) is 19.6 Å². The molecule has 1 saturated heterocycles. The van der Waals surface area contributed by atoms with E-state index in [1.165, 1.54) is 32.4 Å². The van der Waals surface area contributed by atoms with E-state index in [0.717, 1.165) is 18.5 Å². The third-order valence-corrected chi connectivity index (χ3v) is 3.80. The molecule has 90 valence electrons. The zero-order chi connectivity index (χ0) is 11.3. The van der Waals surface area contributed by atoms with Crippen LogP contribution in [0.1, 0.15) is 47.0 Å². The van der Waals surface area contributed by atoms with E-state index in [1.54, 1.807) is 0 Å². The molecule has 0 radical (unpaired) electrons. The molecule has 1 fully saturated rings. The zero-order valence-corrected chi connectivity index (χ0v) is 10.9. The molecule has 3 unspecified atom stereocenters. The molecule has 0 saturated carbocycles. The normalized spacial score (nSPS) is 28.4. The van der Waals surface area contributed by atoms with Crippen molar-refractivity contribution < 1.29 is 0 Å². The third-order valence-electron chi connectivity index (χ3n) is 3.80. The van der Waals surface area contributed by atoms with E-state index in [-0.39, 0.29) is 0 Å². The van der Waals surface area contributed by atoms with Gasteiger partial charge in [0.2, 0.25) is 0 Å². The fourth-order valence-corrected chi connectivity index (χ4v) is 2.37. The molecule has 1 aliphatic rings. The van der Waals surface area contributed by atoms with Crippen LogP contribution in [0.3, 0.4) is 0 Å². The Morgan fingerprint density at radius 3 is 2.73 bits per heavy atom. The van der Waals surface area contributed by atoms with E-state index < -0.39 is 0 Å². The lowest BCUT2D eigenvalue weighted by molar-refractivity contribution is 0.193. The van der Waals surface area contributed by atoms with Gasteiger partial charge in [0.05, 0.1) is 0 Å². The van der Waals surface area contributed by atoms with Gasteiger partial charge in [0, 0.05) is 25.2 Å². The first-order valence-electron chi connectivity index (χ1n) is 6.61. The lowest BCUT2D eigenvalue weighted by atomic mass is 9.99. The maximum Gasteiger partial charge on any atom is 0.0110 e. The number of hydrogen-bond acceptors (Lipinski definition) is 2. The topological polar surface area (TPSA) is 15.3 Å². The fourth-order valence-electron chi connectivity index (χ4n) is 2.37. The molecule has 2 heteroatoms. The van der Waals surface area contributed by atoms with Gasteiger partial charge in [0.25, 0.3) is 0 Å². The molecule has 2 nitrogen and oxygen atoms in total. The van der Waals surface area contributed by atoms with Gasteiger partial charge in [-0.25, -0.2) is 0 Å². The van der Waals surface area contributed by atoms with Gasteiger partial charge < -0.3 is 5.32 Å². The predicted octanol–water partition coefficient (Wildman–Crippen LogP) is 2.49. The third kappa shape index (κ3) is 4.52. The molecule has 1 N–H and O–H groups in total. The van der Waals surface area contributed by atoms with Crippen molar-refractivity contribution in [1.82, 2.24) is 10.2 Å². The molecule has 0 amide bonds. The minimum atomic E-state index is 0.700. The summed E-state index contributed by atoms with van der Waals surface area (Å²) < 4.78 is 0. The van der Waals surface area contributed by atoms with Crippen LogP contribution < -0.4 is 5.32 Å². The van der Waals surface area contributed by atoms with Crippen molar-refractivity contribution in [1.29, 1.82) is 0 Å². The highest BCUT2D eigenvalue weighted by Gasteiger charge is 2.19. The van der Waals surface area contributed by atoms with E-state index in [9.17, 15) is 0 Å². The Morgan fingerprint density at radius 1 is 1.33 bits per heavy atom. The van der Waals surface area contributed by atoms with Crippen molar-refractivity contribution >= 4 is 0 Å². The van der Waals surface area contributed by atoms with Crippen LogP contribution in [-0.2, 0) is 0 Å². The Labute approximate surface area is 95.4 Å². The van der Waals surface area contributed by atoms with Gasteiger partial charge in [-0.1, -0.05) is 20.3 Å². The summed E-state index contributed by atoms with van der Waals surface area (Å²) in [6.07, 6.45) is 3.96. The van der Waals surface area contributed by atoms with E-state index in [4.69, 9.17) is 0 Å². The Bertz CT molecular complexity index is 170. The van der Waals surface area contributed by atoms with Crippen LogP contribution in [0, 0.1) is 5.92 Å². The van der Waals surface area contributed by atoms with Crippen LogP contribution in [-0.4, -0.2) is 36.6 Å². The largest absolute Gasteiger partial charge is 0.313 e. The molecule has 0 aromatic heterocycles. The Kier molecular flexibility index (Phi) is 5.62. The summed E-state index contributed by atoms with van der Waals surface area (Å²) in [6, 6.07) is 1.46. The molecule has 0 spiro atoms. The van der Waals surface area contributed by atoms with Gasteiger partial charge in [0.1, 0.15) is 0 Å². The van der Waals surface area contributed by atoms with Crippen molar-refractivity contribution in [2.45, 2.75) is 59.0 Å². The molecule has 0 aromatic carbocycles. The highest BCUT2D eigenvalue weighted by Crippen LogP contribution is 2.15. The first-order valence-corrected chi connectivity index (χ1v) is 6.61. The number of nitrogens with one attached hydrogen (secondary N) is 1. The van der Waals surface area contributed by atoms with Gasteiger partial charge in [-0.05, 0) is 39.2 Å². The molecule has 1 rings (SSSR count). The first-order chi connectivity index (χ1) is 7.13. The minimum Gasteiger partial charge on any atom is -0.313 e. The second kappa shape index (κ2) is 6.49. The highest BCUT2D eigenvalue weighted by atomic mass is 15.2. The number of hydrogen-bond donors (Lipinski definition) is 1. The predicted molar refractivity (Wildman–Crippen MR) is 67.2 cm³/mol.